The lowest BCUT2D eigenvalue weighted by Crippen LogP contribution is -2.26. The van der Waals surface area contributed by atoms with Crippen molar-refractivity contribution in [2.45, 2.75) is 24.4 Å². The fourth-order valence-electron chi connectivity index (χ4n) is 2.54. The van der Waals surface area contributed by atoms with E-state index >= 15 is 0 Å². The van der Waals surface area contributed by atoms with Crippen LogP contribution in [0.15, 0.2) is 46.9 Å². The van der Waals surface area contributed by atoms with E-state index in [-0.39, 0.29) is 5.91 Å². The summed E-state index contributed by atoms with van der Waals surface area (Å²) >= 11 is 3.32. The second-order valence-corrected chi connectivity index (χ2v) is 7.65. The molecule has 3 aromatic rings. The molecule has 0 aliphatic carbocycles. The van der Waals surface area contributed by atoms with Crippen molar-refractivity contribution in [1.82, 2.24) is 20.1 Å². The van der Waals surface area contributed by atoms with Gasteiger partial charge in [0, 0.05) is 31.5 Å². The Balaban J connectivity index is 1.61. The van der Waals surface area contributed by atoms with Crippen LogP contribution in [-0.2, 0) is 17.0 Å². The Hall–Kier alpha value is -2.16. The number of hydrogen-bond donors (Lipinski definition) is 1. The van der Waals surface area contributed by atoms with Gasteiger partial charge in [-0.25, -0.2) is 0 Å². The molecule has 0 spiro atoms. The summed E-state index contributed by atoms with van der Waals surface area (Å²) in [4.78, 5) is 13.1. The predicted octanol–water partition coefficient (Wildman–Crippen LogP) is 3.70. The standard InChI is InChI=1S/C19H22N4O2S2/c1-3-23-17(16-5-4-12-26-16)21-22-19(23)27-13-14-6-8-15(9-7-14)18(24)20-10-11-25-2/h4-9,12H,3,10-11,13H2,1-2H3,(H,20,24). The molecule has 2 aromatic heterocycles. The van der Waals surface area contributed by atoms with Crippen molar-refractivity contribution >= 4 is 29.0 Å². The van der Waals surface area contributed by atoms with E-state index in [1.165, 1.54) is 0 Å². The molecular weight excluding hydrogens is 380 g/mol. The van der Waals surface area contributed by atoms with E-state index in [2.05, 4.69) is 33.1 Å². The number of amides is 1. The topological polar surface area (TPSA) is 69.0 Å². The van der Waals surface area contributed by atoms with Crippen LogP contribution in [0.1, 0.15) is 22.8 Å². The molecule has 6 nitrogen and oxygen atoms in total. The second kappa shape index (κ2) is 9.68. The van der Waals surface area contributed by atoms with Gasteiger partial charge in [-0.05, 0) is 36.1 Å². The van der Waals surface area contributed by atoms with Crippen LogP contribution in [0.5, 0.6) is 0 Å². The van der Waals surface area contributed by atoms with E-state index in [9.17, 15) is 4.79 Å². The molecule has 0 bridgehead atoms. The Labute approximate surface area is 167 Å². The number of nitrogens with one attached hydrogen (secondary N) is 1. The van der Waals surface area contributed by atoms with Crippen molar-refractivity contribution in [1.29, 1.82) is 0 Å². The Bertz CT molecular complexity index is 860. The molecule has 0 unspecified atom stereocenters. The van der Waals surface area contributed by atoms with Crippen molar-refractivity contribution in [3.05, 3.63) is 52.9 Å². The van der Waals surface area contributed by atoms with Gasteiger partial charge in [-0.2, -0.15) is 0 Å². The first-order chi connectivity index (χ1) is 13.2. The van der Waals surface area contributed by atoms with Gasteiger partial charge in [-0.1, -0.05) is 30.0 Å². The molecule has 8 heteroatoms. The molecule has 3 rings (SSSR count). The van der Waals surface area contributed by atoms with E-state index in [0.717, 1.165) is 33.7 Å². The van der Waals surface area contributed by atoms with Crippen LogP contribution in [0, 0.1) is 0 Å². The third-order valence-electron chi connectivity index (χ3n) is 3.95. The van der Waals surface area contributed by atoms with Crippen LogP contribution in [0.2, 0.25) is 0 Å². The van der Waals surface area contributed by atoms with E-state index in [1.807, 2.05) is 35.7 Å². The number of rotatable bonds is 9. The zero-order chi connectivity index (χ0) is 19.1. The minimum Gasteiger partial charge on any atom is -0.383 e. The quantitative estimate of drug-likeness (QED) is 0.437. The largest absolute Gasteiger partial charge is 0.383 e. The van der Waals surface area contributed by atoms with Crippen LogP contribution in [0.3, 0.4) is 0 Å². The molecule has 1 N–H and O–H groups in total. The Morgan fingerprint density at radius 2 is 2.07 bits per heavy atom. The highest BCUT2D eigenvalue weighted by molar-refractivity contribution is 7.98. The minimum absolute atomic E-state index is 0.0856. The number of aromatic nitrogens is 3. The number of benzene rings is 1. The molecule has 27 heavy (non-hydrogen) atoms. The highest BCUT2D eigenvalue weighted by Gasteiger charge is 2.14. The lowest BCUT2D eigenvalue weighted by Gasteiger charge is -2.07. The smallest absolute Gasteiger partial charge is 0.251 e. The zero-order valence-electron chi connectivity index (χ0n) is 15.3. The number of thioether (sulfide) groups is 1. The van der Waals surface area contributed by atoms with Gasteiger partial charge in [0.05, 0.1) is 11.5 Å². The Morgan fingerprint density at radius 1 is 1.26 bits per heavy atom. The molecule has 1 aromatic carbocycles. The van der Waals surface area contributed by atoms with Gasteiger partial charge < -0.3 is 14.6 Å². The summed E-state index contributed by atoms with van der Waals surface area (Å²) in [6, 6.07) is 11.7. The lowest BCUT2D eigenvalue weighted by molar-refractivity contribution is 0.0937. The van der Waals surface area contributed by atoms with Gasteiger partial charge in [-0.15, -0.1) is 21.5 Å². The van der Waals surface area contributed by atoms with Crippen LogP contribution in [-0.4, -0.2) is 40.9 Å². The lowest BCUT2D eigenvalue weighted by atomic mass is 10.1. The molecular formula is C19H22N4O2S2. The number of nitrogens with zero attached hydrogens (tertiary/aromatic N) is 3. The van der Waals surface area contributed by atoms with Crippen molar-refractivity contribution in [3.8, 4) is 10.7 Å². The molecule has 0 aliphatic heterocycles. The maximum Gasteiger partial charge on any atom is 0.251 e. The molecule has 0 saturated carbocycles. The van der Waals surface area contributed by atoms with Crippen molar-refractivity contribution < 1.29 is 9.53 Å². The first-order valence-corrected chi connectivity index (χ1v) is 10.6. The molecule has 142 valence electrons. The molecule has 2 heterocycles. The van der Waals surface area contributed by atoms with Gasteiger partial charge in [-0.3, -0.25) is 4.79 Å². The average molecular weight is 403 g/mol. The third-order valence-corrected chi connectivity index (χ3v) is 5.85. The van der Waals surface area contributed by atoms with Gasteiger partial charge in [0.25, 0.3) is 5.91 Å². The number of carbonyl (C=O) groups excluding carboxylic acids is 1. The fourth-order valence-corrected chi connectivity index (χ4v) is 4.21. The van der Waals surface area contributed by atoms with Gasteiger partial charge in [0.15, 0.2) is 11.0 Å². The molecule has 0 fully saturated rings. The number of ether oxygens (including phenoxy) is 1. The predicted molar refractivity (Wildman–Crippen MR) is 109 cm³/mol. The summed E-state index contributed by atoms with van der Waals surface area (Å²) in [6.07, 6.45) is 0. The summed E-state index contributed by atoms with van der Waals surface area (Å²) in [6.45, 7) is 3.93. The van der Waals surface area contributed by atoms with Crippen LogP contribution in [0.4, 0.5) is 0 Å². The summed E-state index contributed by atoms with van der Waals surface area (Å²) in [5.41, 5.74) is 1.79. The maximum absolute atomic E-state index is 12.0. The molecule has 0 radical (unpaired) electrons. The molecule has 0 atom stereocenters. The summed E-state index contributed by atoms with van der Waals surface area (Å²) in [7, 11) is 1.61. The highest BCUT2D eigenvalue weighted by Crippen LogP contribution is 2.28. The zero-order valence-corrected chi connectivity index (χ0v) is 17.0. The van der Waals surface area contributed by atoms with Crippen LogP contribution >= 0.6 is 23.1 Å². The first-order valence-electron chi connectivity index (χ1n) is 8.69. The average Bonchev–Trinajstić information content (AvgIpc) is 3.36. The van der Waals surface area contributed by atoms with E-state index in [0.29, 0.717) is 18.7 Å². The molecule has 0 saturated heterocycles. The summed E-state index contributed by atoms with van der Waals surface area (Å²) < 4.78 is 7.07. The van der Waals surface area contributed by atoms with Crippen molar-refractivity contribution in [2.75, 3.05) is 20.3 Å². The minimum atomic E-state index is -0.0856. The van der Waals surface area contributed by atoms with Crippen LogP contribution in [0.25, 0.3) is 10.7 Å². The highest BCUT2D eigenvalue weighted by atomic mass is 32.2. The first kappa shape index (κ1) is 19.6. The van der Waals surface area contributed by atoms with Gasteiger partial charge in [0.2, 0.25) is 0 Å². The number of thiophene rings is 1. The van der Waals surface area contributed by atoms with E-state index in [1.54, 1.807) is 30.2 Å². The van der Waals surface area contributed by atoms with Crippen molar-refractivity contribution in [3.63, 3.8) is 0 Å². The number of hydrogen-bond acceptors (Lipinski definition) is 6. The van der Waals surface area contributed by atoms with E-state index < -0.39 is 0 Å². The SMILES string of the molecule is CCn1c(SCc2ccc(C(=O)NCCOC)cc2)nnc1-c1cccs1. The Morgan fingerprint density at radius 3 is 2.74 bits per heavy atom. The van der Waals surface area contributed by atoms with Gasteiger partial charge in [0.1, 0.15) is 0 Å². The number of methoxy groups -OCH3 is 1. The third kappa shape index (κ3) is 4.97. The van der Waals surface area contributed by atoms with Crippen molar-refractivity contribution in [2.24, 2.45) is 0 Å². The second-order valence-electron chi connectivity index (χ2n) is 5.76. The van der Waals surface area contributed by atoms with Gasteiger partial charge >= 0.3 is 0 Å². The molecule has 0 aliphatic rings. The Kier molecular flexibility index (Phi) is 7.03. The summed E-state index contributed by atoms with van der Waals surface area (Å²) in [5.74, 6) is 1.60. The monoisotopic (exact) mass is 402 g/mol. The fraction of sp³-hybridized carbons (Fsp3) is 0.316. The number of carbonyl (C=O) groups is 1. The maximum atomic E-state index is 12.0. The molecule has 1 amide bonds. The normalized spacial score (nSPS) is 10.9. The van der Waals surface area contributed by atoms with Crippen LogP contribution < -0.4 is 5.32 Å². The van der Waals surface area contributed by atoms with E-state index in [4.69, 9.17) is 4.74 Å². The summed E-state index contributed by atoms with van der Waals surface area (Å²) in [5, 5.41) is 14.5.